The number of benzene rings is 1. The second-order valence-corrected chi connectivity index (χ2v) is 7.02. The summed E-state index contributed by atoms with van der Waals surface area (Å²) in [4.78, 5) is 23.7. The van der Waals surface area contributed by atoms with E-state index in [9.17, 15) is 9.59 Å². The molecular weight excluding hydrogens is 324 g/mol. The summed E-state index contributed by atoms with van der Waals surface area (Å²) in [6, 6.07) is 9.01. The minimum atomic E-state index is -0.557. The molecule has 7 nitrogen and oxygen atoms in total. The molecule has 2 unspecified atom stereocenters. The molecule has 1 aromatic rings. The molecule has 0 saturated carbocycles. The molecule has 25 heavy (non-hydrogen) atoms. The second kappa shape index (κ2) is 8.71. The van der Waals surface area contributed by atoms with Crippen LogP contribution in [0.25, 0.3) is 0 Å². The third-order valence-electron chi connectivity index (χ3n) is 3.46. The molecular formula is C18H26N2O5. The molecule has 1 aromatic carbocycles. The molecule has 1 aliphatic heterocycles. The van der Waals surface area contributed by atoms with E-state index in [1.54, 1.807) is 20.8 Å². The summed E-state index contributed by atoms with van der Waals surface area (Å²) in [5, 5.41) is 5.52. The van der Waals surface area contributed by atoms with Crippen molar-refractivity contribution in [3.8, 4) is 0 Å². The summed E-state index contributed by atoms with van der Waals surface area (Å²) < 4.78 is 15.9. The predicted octanol–water partition coefficient (Wildman–Crippen LogP) is 2.59. The molecule has 0 aromatic heterocycles. The Labute approximate surface area is 148 Å². The molecule has 0 bridgehead atoms. The number of alkyl carbamates (subject to hydrolysis) is 2. The molecule has 2 amide bonds. The van der Waals surface area contributed by atoms with Gasteiger partial charge in [0.1, 0.15) is 12.2 Å². The van der Waals surface area contributed by atoms with Crippen LogP contribution >= 0.6 is 0 Å². The molecule has 1 aliphatic rings. The predicted molar refractivity (Wildman–Crippen MR) is 92.1 cm³/mol. The van der Waals surface area contributed by atoms with Crippen molar-refractivity contribution in [3.05, 3.63) is 35.9 Å². The Morgan fingerprint density at radius 3 is 2.28 bits per heavy atom. The van der Waals surface area contributed by atoms with Crippen molar-refractivity contribution < 1.29 is 23.8 Å². The highest BCUT2D eigenvalue weighted by molar-refractivity contribution is 5.68. The first-order valence-electron chi connectivity index (χ1n) is 8.36. The lowest BCUT2D eigenvalue weighted by Gasteiger charge is -2.30. The van der Waals surface area contributed by atoms with Crippen LogP contribution in [-0.2, 0) is 20.8 Å². The highest BCUT2D eigenvalue weighted by Crippen LogP contribution is 2.11. The van der Waals surface area contributed by atoms with Crippen molar-refractivity contribution in [2.45, 2.75) is 51.5 Å². The van der Waals surface area contributed by atoms with Crippen molar-refractivity contribution >= 4 is 12.2 Å². The van der Waals surface area contributed by atoms with Gasteiger partial charge in [-0.3, -0.25) is 0 Å². The van der Waals surface area contributed by atoms with Crippen LogP contribution in [0.5, 0.6) is 0 Å². The zero-order valence-corrected chi connectivity index (χ0v) is 14.9. The van der Waals surface area contributed by atoms with Gasteiger partial charge in [0.15, 0.2) is 0 Å². The summed E-state index contributed by atoms with van der Waals surface area (Å²) in [6.07, 6.45) is -0.441. The van der Waals surface area contributed by atoms with E-state index < -0.39 is 17.8 Å². The van der Waals surface area contributed by atoms with Gasteiger partial charge in [0.25, 0.3) is 0 Å². The zero-order chi connectivity index (χ0) is 18.3. The molecule has 1 fully saturated rings. The maximum absolute atomic E-state index is 11.9. The third-order valence-corrected chi connectivity index (χ3v) is 3.46. The number of rotatable bonds is 4. The Kier molecular flexibility index (Phi) is 6.64. The molecule has 0 spiro atoms. The van der Waals surface area contributed by atoms with Crippen molar-refractivity contribution in [1.29, 1.82) is 0 Å². The Morgan fingerprint density at radius 2 is 1.68 bits per heavy atom. The highest BCUT2D eigenvalue weighted by atomic mass is 16.6. The van der Waals surface area contributed by atoms with E-state index in [2.05, 4.69) is 10.6 Å². The van der Waals surface area contributed by atoms with Crippen LogP contribution in [0.1, 0.15) is 32.8 Å². The van der Waals surface area contributed by atoms with Gasteiger partial charge in [-0.15, -0.1) is 0 Å². The van der Waals surface area contributed by atoms with Gasteiger partial charge >= 0.3 is 12.2 Å². The van der Waals surface area contributed by atoms with Crippen molar-refractivity contribution in [3.63, 3.8) is 0 Å². The normalized spacial score (nSPS) is 20.4. The Morgan fingerprint density at radius 1 is 1.08 bits per heavy atom. The van der Waals surface area contributed by atoms with Gasteiger partial charge in [-0.2, -0.15) is 0 Å². The van der Waals surface area contributed by atoms with Gasteiger partial charge in [-0.05, 0) is 32.8 Å². The molecule has 1 heterocycles. The number of nitrogens with one attached hydrogen (secondary N) is 2. The van der Waals surface area contributed by atoms with E-state index in [4.69, 9.17) is 14.2 Å². The van der Waals surface area contributed by atoms with Crippen LogP contribution in [-0.4, -0.2) is 43.1 Å². The maximum atomic E-state index is 11.9. The lowest BCUT2D eigenvalue weighted by Crippen LogP contribution is -2.51. The average Bonchev–Trinajstić information content (AvgIpc) is 2.52. The summed E-state index contributed by atoms with van der Waals surface area (Å²) in [5.74, 6) is 0. The summed E-state index contributed by atoms with van der Waals surface area (Å²) in [6.45, 7) is 6.38. The van der Waals surface area contributed by atoms with Crippen LogP contribution in [0.4, 0.5) is 9.59 Å². The van der Waals surface area contributed by atoms with Gasteiger partial charge in [0.05, 0.1) is 25.3 Å². The first-order chi connectivity index (χ1) is 11.8. The largest absolute Gasteiger partial charge is 0.445 e. The minimum absolute atomic E-state index is 0.208. The first kappa shape index (κ1) is 19.1. The van der Waals surface area contributed by atoms with E-state index >= 15 is 0 Å². The Balaban J connectivity index is 1.73. The van der Waals surface area contributed by atoms with Gasteiger partial charge in [-0.1, -0.05) is 30.3 Å². The van der Waals surface area contributed by atoms with E-state index in [1.807, 2.05) is 30.3 Å². The van der Waals surface area contributed by atoms with Gasteiger partial charge < -0.3 is 24.8 Å². The second-order valence-electron chi connectivity index (χ2n) is 7.02. The monoisotopic (exact) mass is 350 g/mol. The highest BCUT2D eigenvalue weighted by Gasteiger charge is 2.27. The molecule has 7 heteroatoms. The topological polar surface area (TPSA) is 85.9 Å². The number of ether oxygens (including phenoxy) is 3. The average molecular weight is 350 g/mol. The number of amides is 2. The molecule has 2 N–H and O–H groups in total. The molecule has 2 rings (SSSR count). The lowest BCUT2D eigenvalue weighted by atomic mass is 10.1. The smallest absolute Gasteiger partial charge is 0.407 e. The number of carbonyl (C=O) groups is 2. The SMILES string of the molecule is CC(C)(C)OC(=O)NC1COCC(NC(=O)OCc2ccccc2)C1. The summed E-state index contributed by atoms with van der Waals surface area (Å²) in [7, 11) is 0. The maximum Gasteiger partial charge on any atom is 0.407 e. The van der Waals surface area contributed by atoms with E-state index in [0.29, 0.717) is 19.6 Å². The lowest BCUT2D eigenvalue weighted by molar-refractivity contribution is 0.0246. The fraction of sp³-hybridized carbons (Fsp3) is 0.556. The number of hydrogen-bond donors (Lipinski definition) is 2. The zero-order valence-electron chi connectivity index (χ0n) is 14.9. The van der Waals surface area contributed by atoms with Gasteiger partial charge in [-0.25, -0.2) is 9.59 Å². The fourth-order valence-corrected chi connectivity index (χ4v) is 2.44. The van der Waals surface area contributed by atoms with Gasteiger partial charge in [0.2, 0.25) is 0 Å². The van der Waals surface area contributed by atoms with Crippen LogP contribution in [0.15, 0.2) is 30.3 Å². The Hall–Kier alpha value is -2.28. The summed E-state index contributed by atoms with van der Waals surface area (Å²) in [5.41, 5.74) is 0.361. The van der Waals surface area contributed by atoms with Crippen LogP contribution in [0, 0.1) is 0 Å². The van der Waals surface area contributed by atoms with E-state index in [-0.39, 0.29) is 18.7 Å². The third kappa shape index (κ3) is 7.43. The molecule has 2 atom stereocenters. The van der Waals surface area contributed by atoms with Gasteiger partial charge in [0, 0.05) is 0 Å². The molecule has 0 radical (unpaired) electrons. The summed E-state index contributed by atoms with van der Waals surface area (Å²) >= 11 is 0. The molecule has 138 valence electrons. The van der Waals surface area contributed by atoms with E-state index in [0.717, 1.165) is 5.56 Å². The van der Waals surface area contributed by atoms with Crippen LogP contribution in [0.2, 0.25) is 0 Å². The van der Waals surface area contributed by atoms with E-state index in [1.165, 1.54) is 0 Å². The van der Waals surface area contributed by atoms with Crippen molar-refractivity contribution in [1.82, 2.24) is 10.6 Å². The van der Waals surface area contributed by atoms with Crippen LogP contribution in [0.3, 0.4) is 0 Å². The standard InChI is InChI=1S/C18H26N2O5/c1-18(2,3)25-17(22)20-15-9-14(11-23-12-15)19-16(21)24-10-13-7-5-4-6-8-13/h4-8,14-15H,9-12H2,1-3H3,(H,19,21)(H,20,22). The number of hydrogen-bond acceptors (Lipinski definition) is 5. The fourth-order valence-electron chi connectivity index (χ4n) is 2.44. The molecule has 0 aliphatic carbocycles. The quantitative estimate of drug-likeness (QED) is 0.872. The van der Waals surface area contributed by atoms with Crippen LogP contribution < -0.4 is 10.6 Å². The minimum Gasteiger partial charge on any atom is -0.445 e. The van der Waals surface area contributed by atoms with Crippen molar-refractivity contribution in [2.24, 2.45) is 0 Å². The first-order valence-corrected chi connectivity index (χ1v) is 8.36. The van der Waals surface area contributed by atoms with Crippen molar-refractivity contribution in [2.75, 3.05) is 13.2 Å². The molecule has 1 saturated heterocycles. The Bertz CT molecular complexity index is 571. The number of carbonyl (C=O) groups excluding carboxylic acids is 2.